The maximum Gasteiger partial charge on any atom is 0.308 e. The molecule has 0 aliphatic carbocycles. The van der Waals surface area contributed by atoms with E-state index in [-0.39, 0.29) is 18.9 Å². The Labute approximate surface area is 168 Å². The van der Waals surface area contributed by atoms with E-state index in [9.17, 15) is 14.4 Å². The minimum Gasteiger partial charge on any atom is -0.456 e. The van der Waals surface area contributed by atoms with E-state index in [0.717, 1.165) is 11.1 Å². The lowest BCUT2D eigenvalue weighted by Crippen LogP contribution is -2.26. The van der Waals surface area contributed by atoms with Crippen molar-refractivity contribution in [3.63, 3.8) is 0 Å². The number of ether oxygens (including phenoxy) is 1. The van der Waals surface area contributed by atoms with Gasteiger partial charge in [0.05, 0.1) is 6.42 Å². The van der Waals surface area contributed by atoms with E-state index in [4.69, 9.17) is 16.3 Å². The fourth-order valence-electron chi connectivity index (χ4n) is 2.22. The second kappa shape index (κ2) is 10.9. The summed E-state index contributed by atoms with van der Waals surface area (Å²) in [5.41, 5.74) is 2.30. The maximum absolute atomic E-state index is 11.9. The van der Waals surface area contributed by atoms with Gasteiger partial charge in [-0.15, -0.1) is 0 Å². The molecule has 0 heterocycles. The van der Waals surface area contributed by atoms with Gasteiger partial charge in [-0.1, -0.05) is 48.0 Å². The van der Waals surface area contributed by atoms with Crippen molar-refractivity contribution in [2.24, 2.45) is 0 Å². The van der Waals surface area contributed by atoms with Crippen LogP contribution in [0.15, 0.2) is 54.6 Å². The van der Waals surface area contributed by atoms with E-state index in [0.29, 0.717) is 10.7 Å². The molecule has 0 spiro atoms. The van der Waals surface area contributed by atoms with Gasteiger partial charge in [0, 0.05) is 23.3 Å². The SMILES string of the molecule is Cc1ccc(Cl)cc1NC(=O)COC(=O)CCNC(=O)/C=C/c1ccccc1. The Morgan fingerprint density at radius 2 is 1.86 bits per heavy atom. The van der Waals surface area contributed by atoms with Crippen LogP contribution in [0.2, 0.25) is 5.02 Å². The van der Waals surface area contributed by atoms with Crippen LogP contribution in [-0.2, 0) is 19.1 Å². The Balaban J connectivity index is 1.65. The Kier molecular flexibility index (Phi) is 8.24. The van der Waals surface area contributed by atoms with Gasteiger partial charge < -0.3 is 15.4 Å². The fourth-order valence-corrected chi connectivity index (χ4v) is 2.39. The molecule has 6 nitrogen and oxygen atoms in total. The number of rotatable bonds is 8. The van der Waals surface area contributed by atoms with Gasteiger partial charge in [0.1, 0.15) is 0 Å². The molecule has 0 saturated heterocycles. The molecule has 0 unspecified atom stereocenters. The molecule has 2 aromatic rings. The van der Waals surface area contributed by atoms with Crippen molar-refractivity contribution in [3.8, 4) is 0 Å². The lowest BCUT2D eigenvalue weighted by atomic mass is 10.2. The van der Waals surface area contributed by atoms with Crippen molar-refractivity contribution in [1.82, 2.24) is 5.32 Å². The van der Waals surface area contributed by atoms with Crippen molar-refractivity contribution in [2.75, 3.05) is 18.5 Å². The molecule has 0 fully saturated rings. The number of esters is 1. The molecule has 28 heavy (non-hydrogen) atoms. The number of hydrogen-bond acceptors (Lipinski definition) is 4. The fraction of sp³-hybridized carbons (Fsp3) is 0.190. The molecule has 0 aliphatic rings. The van der Waals surface area contributed by atoms with Crippen LogP contribution in [-0.4, -0.2) is 30.9 Å². The maximum atomic E-state index is 11.9. The lowest BCUT2D eigenvalue weighted by Gasteiger charge is -2.09. The number of benzene rings is 2. The highest BCUT2D eigenvalue weighted by Gasteiger charge is 2.09. The summed E-state index contributed by atoms with van der Waals surface area (Å²) in [6, 6.07) is 14.5. The number of halogens is 1. The third kappa shape index (κ3) is 7.63. The molecule has 0 aromatic heterocycles. The minimum atomic E-state index is -0.578. The van der Waals surface area contributed by atoms with Gasteiger partial charge in [0.25, 0.3) is 5.91 Å². The summed E-state index contributed by atoms with van der Waals surface area (Å²) in [7, 11) is 0. The Hall–Kier alpha value is -3.12. The first-order valence-corrected chi connectivity index (χ1v) is 9.04. The zero-order valence-corrected chi connectivity index (χ0v) is 16.2. The minimum absolute atomic E-state index is 0.0333. The topological polar surface area (TPSA) is 84.5 Å². The third-order valence-electron chi connectivity index (χ3n) is 3.69. The zero-order chi connectivity index (χ0) is 20.4. The van der Waals surface area contributed by atoms with Crippen LogP contribution in [0.1, 0.15) is 17.5 Å². The Morgan fingerprint density at radius 1 is 1.11 bits per heavy atom. The largest absolute Gasteiger partial charge is 0.456 e. The summed E-state index contributed by atoms with van der Waals surface area (Å²) in [6.07, 6.45) is 3.03. The van der Waals surface area contributed by atoms with Crippen LogP contribution in [0.5, 0.6) is 0 Å². The van der Waals surface area contributed by atoms with Gasteiger partial charge in [-0.3, -0.25) is 14.4 Å². The molecule has 0 radical (unpaired) electrons. The molecule has 2 amide bonds. The summed E-state index contributed by atoms with van der Waals surface area (Å²) in [4.78, 5) is 35.3. The van der Waals surface area contributed by atoms with Crippen molar-refractivity contribution in [1.29, 1.82) is 0 Å². The Bertz CT molecular complexity index is 866. The van der Waals surface area contributed by atoms with Crippen LogP contribution < -0.4 is 10.6 Å². The summed E-state index contributed by atoms with van der Waals surface area (Å²) >= 11 is 5.89. The average Bonchev–Trinajstić information content (AvgIpc) is 2.68. The summed E-state index contributed by atoms with van der Waals surface area (Å²) in [5, 5.41) is 5.71. The highest BCUT2D eigenvalue weighted by molar-refractivity contribution is 6.31. The molecule has 146 valence electrons. The molecule has 0 aliphatic heterocycles. The number of nitrogens with one attached hydrogen (secondary N) is 2. The molecular weight excluding hydrogens is 380 g/mol. The predicted octanol–water partition coefficient (Wildman–Crippen LogP) is 3.35. The summed E-state index contributed by atoms with van der Waals surface area (Å²) in [6.45, 7) is 1.53. The Morgan fingerprint density at radius 3 is 2.61 bits per heavy atom. The number of carbonyl (C=O) groups excluding carboxylic acids is 3. The van der Waals surface area contributed by atoms with Gasteiger partial charge in [-0.05, 0) is 36.3 Å². The number of aryl methyl sites for hydroxylation is 1. The van der Waals surface area contributed by atoms with Crippen LogP contribution >= 0.6 is 11.6 Å². The van der Waals surface area contributed by atoms with Gasteiger partial charge >= 0.3 is 5.97 Å². The predicted molar refractivity (Wildman–Crippen MR) is 109 cm³/mol. The zero-order valence-electron chi connectivity index (χ0n) is 15.4. The molecule has 2 rings (SSSR count). The van der Waals surface area contributed by atoms with Crippen LogP contribution in [0, 0.1) is 6.92 Å². The van der Waals surface area contributed by atoms with E-state index < -0.39 is 18.5 Å². The highest BCUT2D eigenvalue weighted by atomic mass is 35.5. The van der Waals surface area contributed by atoms with Gasteiger partial charge in [0.2, 0.25) is 5.91 Å². The first-order valence-electron chi connectivity index (χ1n) is 8.66. The molecule has 2 N–H and O–H groups in total. The van der Waals surface area contributed by atoms with Crippen molar-refractivity contribution in [2.45, 2.75) is 13.3 Å². The number of anilines is 1. The molecular formula is C21H21ClN2O4. The second-order valence-corrected chi connectivity index (χ2v) is 6.39. The van der Waals surface area contributed by atoms with E-state index >= 15 is 0 Å². The van der Waals surface area contributed by atoms with Gasteiger partial charge in [-0.25, -0.2) is 0 Å². The standard InChI is InChI=1S/C21H21ClN2O4/c1-15-7-9-17(22)13-18(15)24-20(26)14-28-21(27)11-12-23-19(25)10-8-16-5-3-2-4-6-16/h2-10,13H,11-12,14H2,1H3,(H,23,25)(H,24,26)/b10-8+. The highest BCUT2D eigenvalue weighted by Crippen LogP contribution is 2.19. The van der Waals surface area contributed by atoms with E-state index in [2.05, 4.69) is 10.6 Å². The molecule has 0 saturated carbocycles. The van der Waals surface area contributed by atoms with E-state index in [1.165, 1.54) is 6.08 Å². The van der Waals surface area contributed by atoms with Gasteiger partial charge in [-0.2, -0.15) is 0 Å². The van der Waals surface area contributed by atoms with Crippen LogP contribution in [0.25, 0.3) is 6.08 Å². The molecule has 2 aromatic carbocycles. The smallest absolute Gasteiger partial charge is 0.308 e. The first-order chi connectivity index (χ1) is 13.4. The summed E-state index contributed by atoms with van der Waals surface area (Å²) < 4.78 is 4.90. The quantitative estimate of drug-likeness (QED) is 0.525. The van der Waals surface area contributed by atoms with Gasteiger partial charge in [0.15, 0.2) is 6.61 Å². The number of amides is 2. The summed E-state index contributed by atoms with van der Waals surface area (Å²) in [5.74, 6) is -1.36. The van der Waals surface area contributed by atoms with E-state index in [1.54, 1.807) is 24.3 Å². The molecule has 0 atom stereocenters. The monoisotopic (exact) mass is 400 g/mol. The molecule has 0 bridgehead atoms. The third-order valence-corrected chi connectivity index (χ3v) is 3.93. The van der Waals surface area contributed by atoms with Crippen LogP contribution in [0.4, 0.5) is 5.69 Å². The van der Waals surface area contributed by atoms with Crippen molar-refractivity contribution < 1.29 is 19.1 Å². The first kappa shape index (κ1) is 21.2. The van der Waals surface area contributed by atoms with Crippen LogP contribution in [0.3, 0.4) is 0 Å². The normalized spacial score (nSPS) is 10.5. The number of carbonyl (C=O) groups is 3. The van der Waals surface area contributed by atoms with Crippen molar-refractivity contribution >= 4 is 41.1 Å². The second-order valence-electron chi connectivity index (χ2n) is 5.95. The number of hydrogen-bond donors (Lipinski definition) is 2. The van der Waals surface area contributed by atoms with Crippen molar-refractivity contribution in [3.05, 3.63) is 70.8 Å². The molecule has 7 heteroatoms. The average molecular weight is 401 g/mol. The van der Waals surface area contributed by atoms with E-state index in [1.807, 2.05) is 37.3 Å². The lowest BCUT2D eigenvalue weighted by molar-refractivity contribution is -0.147.